The predicted octanol–water partition coefficient (Wildman–Crippen LogP) is 4.86. The van der Waals surface area contributed by atoms with Crippen molar-refractivity contribution in [3.63, 3.8) is 0 Å². The third-order valence-electron chi connectivity index (χ3n) is 4.69. The van der Waals surface area contributed by atoms with E-state index in [1.54, 1.807) is 23.5 Å². The highest BCUT2D eigenvalue weighted by molar-refractivity contribution is 7.98. The van der Waals surface area contributed by atoms with Crippen LogP contribution in [0.3, 0.4) is 0 Å². The van der Waals surface area contributed by atoms with E-state index in [4.69, 9.17) is 16.1 Å². The van der Waals surface area contributed by atoms with E-state index in [9.17, 15) is 4.79 Å². The molecule has 6 nitrogen and oxygen atoms in total. The number of rotatable bonds is 4. The van der Waals surface area contributed by atoms with E-state index < -0.39 is 0 Å². The van der Waals surface area contributed by atoms with E-state index in [0.29, 0.717) is 27.6 Å². The summed E-state index contributed by atoms with van der Waals surface area (Å²) in [6.07, 6.45) is 4.35. The third kappa shape index (κ3) is 3.36. The largest absolute Gasteiger partial charge is 0.338 e. The van der Waals surface area contributed by atoms with Crippen molar-refractivity contribution < 1.29 is 4.52 Å². The third-order valence-corrected chi connectivity index (χ3v) is 6.97. The van der Waals surface area contributed by atoms with E-state index in [0.717, 1.165) is 35.0 Å². The van der Waals surface area contributed by atoms with Crippen LogP contribution in [0.25, 0.3) is 21.6 Å². The molecule has 4 aromatic rings. The van der Waals surface area contributed by atoms with Gasteiger partial charge >= 0.3 is 0 Å². The average molecular weight is 431 g/mol. The molecule has 1 aliphatic rings. The van der Waals surface area contributed by atoms with Crippen molar-refractivity contribution in [1.29, 1.82) is 0 Å². The number of hydrogen-bond donors (Lipinski definition) is 1. The van der Waals surface area contributed by atoms with E-state index in [-0.39, 0.29) is 5.56 Å². The molecule has 5 rings (SSSR count). The Morgan fingerprint density at radius 3 is 3.04 bits per heavy atom. The van der Waals surface area contributed by atoms with Gasteiger partial charge in [-0.1, -0.05) is 40.7 Å². The molecule has 0 atom stereocenters. The minimum absolute atomic E-state index is 0.0583. The van der Waals surface area contributed by atoms with Crippen LogP contribution >= 0.6 is 34.7 Å². The fourth-order valence-corrected chi connectivity index (χ4v) is 5.61. The average Bonchev–Trinajstić information content (AvgIpc) is 3.31. The van der Waals surface area contributed by atoms with Crippen molar-refractivity contribution >= 4 is 44.9 Å². The summed E-state index contributed by atoms with van der Waals surface area (Å²) in [6.45, 7) is 0. The minimum Gasteiger partial charge on any atom is -0.338 e. The molecule has 0 bridgehead atoms. The summed E-state index contributed by atoms with van der Waals surface area (Å²) in [4.78, 5) is 26.7. The van der Waals surface area contributed by atoms with E-state index >= 15 is 0 Å². The fourth-order valence-electron chi connectivity index (χ4n) is 3.40. The maximum atomic E-state index is 12.6. The first-order chi connectivity index (χ1) is 13.7. The molecule has 0 saturated heterocycles. The van der Waals surface area contributed by atoms with Gasteiger partial charge in [-0.2, -0.15) is 4.98 Å². The SMILES string of the molecule is O=c1[nH]c(SCc2nc(-c3cccc(Cl)c3)no2)nc2sc3c(c12)CCCC3. The van der Waals surface area contributed by atoms with Crippen LogP contribution in [-0.4, -0.2) is 20.1 Å². The van der Waals surface area contributed by atoms with Crippen molar-refractivity contribution in [3.8, 4) is 11.4 Å². The van der Waals surface area contributed by atoms with Crippen LogP contribution in [0.2, 0.25) is 5.02 Å². The Morgan fingerprint density at radius 1 is 1.25 bits per heavy atom. The maximum Gasteiger partial charge on any atom is 0.260 e. The molecule has 0 radical (unpaired) electrons. The predicted molar refractivity (Wildman–Crippen MR) is 111 cm³/mol. The number of hydrogen-bond acceptors (Lipinski definition) is 7. The van der Waals surface area contributed by atoms with Crippen LogP contribution in [0, 0.1) is 0 Å². The molecule has 0 saturated carbocycles. The van der Waals surface area contributed by atoms with Gasteiger partial charge in [-0.05, 0) is 43.4 Å². The van der Waals surface area contributed by atoms with Gasteiger partial charge in [0.25, 0.3) is 5.56 Å². The topological polar surface area (TPSA) is 84.7 Å². The fraction of sp³-hybridized carbons (Fsp3) is 0.263. The lowest BCUT2D eigenvalue weighted by molar-refractivity contribution is 0.391. The van der Waals surface area contributed by atoms with Gasteiger partial charge in [0.05, 0.1) is 11.1 Å². The highest BCUT2D eigenvalue weighted by Crippen LogP contribution is 2.34. The normalized spacial score (nSPS) is 13.8. The Bertz CT molecular complexity index is 1230. The summed E-state index contributed by atoms with van der Waals surface area (Å²) in [6, 6.07) is 7.30. The number of aromatic amines is 1. The number of thioether (sulfide) groups is 1. The molecule has 142 valence electrons. The first-order valence-corrected chi connectivity index (χ1v) is 11.1. The highest BCUT2D eigenvalue weighted by atomic mass is 35.5. The van der Waals surface area contributed by atoms with Crippen molar-refractivity contribution in [3.05, 3.63) is 56.0 Å². The molecular weight excluding hydrogens is 416 g/mol. The lowest BCUT2D eigenvalue weighted by Crippen LogP contribution is -2.10. The Morgan fingerprint density at radius 2 is 2.14 bits per heavy atom. The highest BCUT2D eigenvalue weighted by Gasteiger charge is 2.20. The molecule has 3 heterocycles. The van der Waals surface area contributed by atoms with Gasteiger partial charge in [-0.25, -0.2) is 4.98 Å². The number of nitrogens with one attached hydrogen (secondary N) is 1. The van der Waals surface area contributed by atoms with Gasteiger partial charge in [0.1, 0.15) is 4.83 Å². The second-order valence-electron chi connectivity index (χ2n) is 6.57. The molecule has 0 unspecified atom stereocenters. The first kappa shape index (κ1) is 17.9. The van der Waals surface area contributed by atoms with Gasteiger partial charge in [0.15, 0.2) is 5.16 Å². The second-order valence-corrected chi connectivity index (χ2v) is 9.06. The number of H-pyrrole nitrogens is 1. The van der Waals surface area contributed by atoms with E-state index in [2.05, 4.69) is 20.1 Å². The monoisotopic (exact) mass is 430 g/mol. The number of aromatic nitrogens is 4. The summed E-state index contributed by atoms with van der Waals surface area (Å²) >= 11 is 9.03. The quantitative estimate of drug-likeness (QED) is 0.367. The molecule has 9 heteroatoms. The van der Waals surface area contributed by atoms with Crippen molar-refractivity contribution in [2.75, 3.05) is 0 Å². The first-order valence-electron chi connectivity index (χ1n) is 8.93. The van der Waals surface area contributed by atoms with Gasteiger partial charge in [0, 0.05) is 15.5 Å². The maximum absolute atomic E-state index is 12.6. The van der Waals surface area contributed by atoms with Gasteiger partial charge in [-0.15, -0.1) is 11.3 Å². The van der Waals surface area contributed by atoms with Crippen LogP contribution in [-0.2, 0) is 18.6 Å². The molecule has 1 N–H and O–H groups in total. The van der Waals surface area contributed by atoms with Crippen LogP contribution in [0.15, 0.2) is 38.7 Å². The number of aryl methyl sites for hydroxylation is 2. The van der Waals surface area contributed by atoms with Crippen molar-refractivity contribution in [2.24, 2.45) is 0 Å². The molecule has 1 aliphatic carbocycles. The number of fused-ring (bicyclic) bond motifs is 3. The summed E-state index contributed by atoms with van der Waals surface area (Å²) in [5.74, 6) is 1.38. The number of halogens is 1. The molecule has 28 heavy (non-hydrogen) atoms. The smallest absolute Gasteiger partial charge is 0.260 e. The zero-order valence-corrected chi connectivity index (χ0v) is 17.1. The Balaban J connectivity index is 1.37. The van der Waals surface area contributed by atoms with Gasteiger partial charge in [0.2, 0.25) is 11.7 Å². The Labute approximate surface area is 173 Å². The van der Waals surface area contributed by atoms with Crippen LogP contribution in [0.5, 0.6) is 0 Å². The minimum atomic E-state index is -0.0583. The zero-order valence-electron chi connectivity index (χ0n) is 14.7. The van der Waals surface area contributed by atoms with Crippen LogP contribution in [0.4, 0.5) is 0 Å². The Kier molecular flexibility index (Phi) is 4.70. The molecule has 3 aromatic heterocycles. The summed E-state index contributed by atoms with van der Waals surface area (Å²) in [7, 11) is 0. The number of benzene rings is 1. The number of thiophene rings is 1. The summed E-state index contributed by atoms with van der Waals surface area (Å²) in [5.41, 5.74) is 1.93. The number of nitrogens with zero attached hydrogens (tertiary/aromatic N) is 3. The van der Waals surface area contributed by atoms with Crippen LogP contribution < -0.4 is 5.56 Å². The zero-order chi connectivity index (χ0) is 19.1. The molecule has 0 fully saturated rings. The van der Waals surface area contributed by atoms with E-state index in [1.165, 1.54) is 28.6 Å². The molecular formula is C19H15ClN4O2S2. The molecule has 0 amide bonds. The molecule has 0 spiro atoms. The molecule has 0 aliphatic heterocycles. The Hall–Kier alpha value is -2.16. The van der Waals surface area contributed by atoms with Gasteiger partial charge < -0.3 is 9.51 Å². The lowest BCUT2D eigenvalue weighted by Gasteiger charge is -2.09. The van der Waals surface area contributed by atoms with Crippen molar-refractivity contribution in [2.45, 2.75) is 36.6 Å². The second kappa shape index (κ2) is 7.35. The van der Waals surface area contributed by atoms with Crippen LogP contribution in [0.1, 0.15) is 29.2 Å². The summed E-state index contributed by atoms with van der Waals surface area (Å²) < 4.78 is 5.32. The van der Waals surface area contributed by atoms with Crippen molar-refractivity contribution in [1.82, 2.24) is 20.1 Å². The van der Waals surface area contributed by atoms with E-state index in [1.807, 2.05) is 12.1 Å². The standard InChI is InChI=1S/C19H15ClN4O2S2/c20-11-5-3-4-10(8-11)16-21-14(26-24-16)9-27-19-22-17(25)15-12-6-1-2-7-13(12)28-18(15)23-19/h3-5,8H,1-2,6-7,9H2,(H,22,23,25). The molecule has 1 aromatic carbocycles. The van der Waals surface area contributed by atoms with Gasteiger partial charge in [-0.3, -0.25) is 4.79 Å². The summed E-state index contributed by atoms with van der Waals surface area (Å²) in [5, 5.41) is 5.96. The lowest BCUT2D eigenvalue weighted by atomic mass is 9.97.